The zero-order valence-electron chi connectivity index (χ0n) is 21.1. The van der Waals surface area contributed by atoms with Crippen LogP contribution in [0, 0.1) is 6.92 Å². The number of benzene rings is 3. The number of hydrogen-bond donors (Lipinski definition) is 0. The van der Waals surface area contributed by atoms with Gasteiger partial charge in [0, 0.05) is 12.1 Å². The Morgan fingerprint density at radius 1 is 0.895 bits per heavy atom. The highest BCUT2D eigenvalue weighted by Crippen LogP contribution is 2.37. The van der Waals surface area contributed by atoms with E-state index in [2.05, 4.69) is 29.1 Å². The number of rotatable bonds is 9. The Morgan fingerprint density at radius 2 is 1.79 bits per heavy atom. The summed E-state index contributed by atoms with van der Waals surface area (Å²) in [7, 11) is 3.20. The van der Waals surface area contributed by atoms with E-state index in [1.54, 1.807) is 18.7 Å². The van der Waals surface area contributed by atoms with Crippen molar-refractivity contribution in [3.8, 4) is 33.9 Å². The lowest BCUT2D eigenvalue weighted by Gasteiger charge is -2.12. The van der Waals surface area contributed by atoms with Crippen LogP contribution in [0.4, 0.5) is 0 Å². The van der Waals surface area contributed by atoms with Crippen molar-refractivity contribution in [3.63, 3.8) is 0 Å². The van der Waals surface area contributed by atoms with Crippen LogP contribution in [0.3, 0.4) is 0 Å². The van der Waals surface area contributed by atoms with Gasteiger partial charge in [0.05, 0.1) is 25.8 Å². The number of nitrogens with zero attached hydrogens (tertiary/aromatic N) is 3. The second kappa shape index (κ2) is 10.1. The van der Waals surface area contributed by atoms with Crippen molar-refractivity contribution in [1.82, 2.24) is 14.6 Å². The summed E-state index contributed by atoms with van der Waals surface area (Å²) in [6.07, 6.45) is 1.81. The van der Waals surface area contributed by atoms with Crippen LogP contribution < -0.4 is 18.9 Å². The van der Waals surface area contributed by atoms with E-state index in [0.717, 1.165) is 27.2 Å². The Bertz CT molecular complexity index is 1700. The van der Waals surface area contributed by atoms with E-state index in [1.807, 2.05) is 60.8 Å². The molecule has 9 heteroatoms. The molecule has 0 radical (unpaired) electrons. The van der Waals surface area contributed by atoms with Crippen LogP contribution in [0.15, 0.2) is 77.3 Å². The van der Waals surface area contributed by atoms with E-state index in [1.165, 1.54) is 16.9 Å². The molecule has 0 fully saturated rings. The monoisotopic (exact) mass is 527 g/mol. The summed E-state index contributed by atoms with van der Waals surface area (Å²) < 4.78 is 30.8. The summed E-state index contributed by atoms with van der Waals surface area (Å²) in [6, 6.07) is 21.8. The molecule has 0 aliphatic carbocycles. The van der Waals surface area contributed by atoms with Gasteiger partial charge in [-0.15, -0.1) is 5.10 Å². The zero-order chi connectivity index (χ0) is 26.1. The van der Waals surface area contributed by atoms with Gasteiger partial charge in [-0.25, -0.2) is 9.50 Å². The predicted octanol–water partition coefficient (Wildman–Crippen LogP) is 6.69. The van der Waals surface area contributed by atoms with E-state index in [9.17, 15) is 0 Å². The molecule has 8 nitrogen and oxygen atoms in total. The molecule has 38 heavy (non-hydrogen) atoms. The Morgan fingerprint density at radius 3 is 2.61 bits per heavy atom. The third-order valence-electron chi connectivity index (χ3n) is 6.21. The second-order valence-corrected chi connectivity index (χ2v) is 9.64. The second-order valence-electron chi connectivity index (χ2n) is 8.72. The topological polar surface area (TPSA) is 80.2 Å². The summed E-state index contributed by atoms with van der Waals surface area (Å²) in [4.78, 5) is 5.34. The van der Waals surface area contributed by atoms with Gasteiger partial charge in [-0.2, -0.15) is 0 Å². The molecule has 6 rings (SSSR count). The number of methoxy groups -OCH3 is 2. The van der Waals surface area contributed by atoms with Gasteiger partial charge in [-0.1, -0.05) is 36.4 Å². The minimum atomic E-state index is 0.355. The van der Waals surface area contributed by atoms with Gasteiger partial charge in [0.1, 0.15) is 41.7 Å². The van der Waals surface area contributed by atoms with Gasteiger partial charge >= 0.3 is 0 Å². The minimum absolute atomic E-state index is 0.355. The van der Waals surface area contributed by atoms with E-state index in [-0.39, 0.29) is 0 Å². The number of fused-ring (bicyclic) bond motifs is 2. The maximum Gasteiger partial charge on any atom is 0.294 e. The van der Waals surface area contributed by atoms with Crippen molar-refractivity contribution in [1.29, 1.82) is 0 Å². The number of aryl methyl sites for hydroxylation is 1. The zero-order valence-corrected chi connectivity index (χ0v) is 22.0. The first-order chi connectivity index (χ1) is 18.6. The standard InChI is InChI=1S/C29H25N3O5S/c1-18-7-4-5-9-20(18)17-35-21-10-6-8-19(11-21)16-36-25-12-22(33-2)13-26-23(25)14-27(37-26)24-15-32-28(30-24)38-29(31-32)34-3/h4-15H,16-17H2,1-3H3. The Labute approximate surface area is 223 Å². The molecule has 0 bridgehead atoms. The average molecular weight is 528 g/mol. The molecule has 6 aromatic rings. The van der Waals surface area contributed by atoms with E-state index >= 15 is 0 Å². The fourth-order valence-electron chi connectivity index (χ4n) is 4.15. The van der Waals surface area contributed by atoms with Gasteiger partial charge < -0.3 is 23.4 Å². The molecular weight excluding hydrogens is 502 g/mol. The Balaban J connectivity index is 1.22. The van der Waals surface area contributed by atoms with Crippen molar-refractivity contribution in [2.75, 3.05) is 14.2 Å². The van der Waals surface area contributed by atoms with Crippen LogP contribution in [-0.2, 0) is 13.2 Å². The number of aromatic nitrogens is 3. The van der Waals surface area contributed by atoms with Gasteiger partial charge in [0.15, 0.2) is 5.76 Å². The molecule has 0 atom stereocenters. The highest BCUT2D eigenvalue weighted by molar-refractivity contribution is 7.18. The number of imidazole rings is 1. The predicted molar refractivity (Wildman–Crippen MR) is 145 cm³/mol. The maximum absolute atomic E-state index is 6.26. The molecule has 0 saturated carbocycles. The first-order valence-electron chi connectivity index (χ1n) is 12.0. The molecule has 3 aromatic heterocycles. The van der Waals surface area contributed by atoms with Crippen LogP contribution >= 0.6 is 11.3 Å². The molecule has 0 amide bonds. The largest absolute Gasteiger partial charge is 0.496 e. The molecule has 0 aliphatic heterocycles. The number of furan rings is 1. The van der Waals surface area contributed by atoms with E-state index in [0.29, 0.717) is 46.9 Å². The fraction of sp³-hybridized carbons (Fsp3) is 0.172. The molecule has 192 valence electrons. The summed E-state index contributed by atoms with van der Waals surface area (Å²) in [5.41, 5.74) is 4.68. The van der Waals surface area contributed by atoms with Crippen LogP contribution in [0.2, 0.25) is 0 Å². The molecule has 3 aromatic carbocycles. The Hall–Kier alpha value is -4.50. The SMILES string of the molecule is COc1cc(OCc2cccc(OCc3ccccc3C)c2)c2cc(-c3cn4nc(OC)sc4n3)oc2c1. The first kappa shape index (κ1) is 23.9. The minimum Gasteiger partial charge on any atom is -0.496 e. The van der Waals surface area contributed by atoms with E-state index < -0.39 is 0 Å². The summed E-state index contributed by atoms with van der Waals surface area (Å²) in [5.74, 6) is 2.70. The maximum atomic E-state index is 6.26. The summed E-state index contributed by atoms with van der Waals surface area (Å²) >= 11 is 1.36. The van der Waals surface area contributed by atoms with Crippen molar-refractivity contribution in [2.45, 2.75) is 20.1 Å². The number of hydrogen-bond acceptors (Lipinski definition) is 8. The molecular formula is C29H25N3O5S. The molecule has 0 saturated heterocycles. The van der Waals surface area contributed by atoms with Crippen LogP contribution in [0.5, 0.6) is 22.4 Å². The smallest absolute Gasteiger partial charge is 0.294 e. The lowest BCUT2D eigenvalue weighted by atomic mass is 10.1. The quantitative estimate of drug-likeness (QED) is 0.207. The lowest BCUT2D eigenvalue weighted by molar-refractivity contribution is 0.296. The highest BCUT2D eigenvalue weighted by Gasteiger charge is 2.17. The van der Waals surface area contributed by atoms with Gasteiger partial charge in [0.2, 0.25) is 4.96 Å². The van der Waals surface area contributed by atoms with Crippen LogP contribution in [0.25, 0.3) is 27.4 Å². The van der Waals surface area contributed by atoms with Crippen molar-refractivity contribution >= 4 is 27.3 Å². The van der Waals surface area contributed by atoms with E-state index in [4.69, 9.17) is 23.4 Å². The fourth-order valence-corrected chi connectivity index (χ4v) is 4.85. The Kier molecular flexibility index (Phi) is 6.35. The van der Waals surface area contributed by atoms with Crippen LogP contribution in [-0.4, -0.2) is 28.8 Å². The van der Waals surface area contributed by atoms with Crippen molar-refractivity contribution < 1.29 is 23.4 Å². The first-order valence-corrected chi connectivity index (χ1v) is 12.8. The summed E-state index contributed by atoms with van der Waals surface area (Å²) in [6.45, 7) is 2.95. The highest BCUT2D eigenvalue weighted by atomic mass is 32.1. The summed E-state index contributed by atoms with van der Waals surface area (Å²) in [5, 5.41) is 5.71. The average Bonchev–Trinajstić information content (AvgIpc) is 3.64. The van der Waals surface area contributed by atoms with Crippen molar-refractivity contribution in [3.05, 3.63) is 89.6 Å². The third kappa shape index (κ3) is 4.76. The lowest BCUT2D eigenvalue weighted by Crippen LogP contribution is -2.00. The molecule has 0 spiro atoms. The van der Waals surface area contributed by atoms with Gasteiger partial charge in [-0.3, -0.25) is 0 Å². The molecule has 0 aliphatic rings. The molecule has 3 heterocycles. The normalized spacial score (nSPS) is 11.2. The number of ether oxygens (including phenoxy) is 4. The van der Waals surface area contributed by atoms with Gasteiger partial charge in [0.25, 0.3) is 5.19 Å². The third-order valence-corrected chi connectivity index (χ3v) is 7.09. The molecule has 0 unspecified atom stereocenters. The van der Waals surface area contributed by atoms with Crippen LogP contribution in [0.1, 0.15) is 16.7 Å². The van der Waals surface area contributed by atoms with Crippen molar-refractivity contribution in [2.24, 2.45) is 0 Å². The molecule has 0 N–H and O–H groups in total. The van der Waals surface area contributed by atoms with Gasteiger partial charge in [-0.05, 0) is 53.1 Å².